The Hall–Kier alpha value is -4.60. The van der Waals surface area contributed by atoms with Crippen LogP contribution >= 0.6 is 11.3 Å². The van der Waals surface area contributed by atoms with Crippen LogP contribution < -0.4 is 0 Å². The number of rotatable bonds is 2. The molecule has 0 aliphatic heterocycles. The van der Waals surface area contributed by atoms with Crippen LogP contribution in [0.1, 0.15) is 11.1 Å². The molecule has 0 amide bonds. The van der Waals surface area contributed by atoms with E-state index in [0.717, 1.165) is 23.5 Å². The summed E-state index contributed by atoms with van der Waals surface area (Å²) in [5.41, 5.74) is 6.38. The number of hydrogen-bond acceptors (Lipinski definition) is 3. The quantitative estimate of drug-likeness (QED) is 0.213. The first-order valence-electron chi connectivity index (χ1n) is 13.3. The third kappa shape index (κ3) is 3.08. The van der Waals surface area contributed by atoms with Gasteiger partial charge in [-0.3, -0.25) is 0 Å². The van der Waals surface area contributed by atoms with E-state index in [9.17, 15) is 0 Å². The fraction of sp³-hybridized carbons (Fsp3) is 0.0556. The number of benzene rings is 4. The molecule has 0 N–H and O–H groups in total. The topological polar surface area (TPSA) is 26.3 Å². The van der Waals surface area contributed by atoms with E-state index in [0.29, 0.717) is 5.92 Å². The summed E-state index contributed by atoms with van der Waals surface area (Å²) in [5, 5.41) is 7.74. The molecule has 39 heavy (non-hydrogen) atoms. The van der Waals surface area contributed by atoms with Gasteiger partial charge in [0.1, 0.15) is 11.5 Å². The second kappa shape index (κ2) is 7.95. The summed E-state index contributed by atoms with van der Waals surface area (Å²) in [7, 11) is 0. The van der Waals surface area contributed by atoms with Gasteiger partial charge in [0.25, 0.3) is 0 Å². The summed E-state index contributed by atoms with van der Waals surface area (Å²) >= 11 is 1.87. The van der Waals surface area contributed by atoms with Gasteiger partial charge in [-0.1, -0.05) is 54.6 Å². The summed E-state index contributed by atoms with van der Waals surface area (Å²) in [6.07, 6.45) is 15.8. The fourth-order valence-corrected chi connectivity index (χ4v) is 7.83. The number of hydrogen-bond donors (Lipinski definition) is 0. The van der Waals surface area contributed by atoms with E-state index in [1.165, 1.54) is 64.0 Å². The van der Waals surface area contributed by atoms with Crippen LogP contribution in [-0.4, -0.2) is 0 Å². The lowest BCUT2D eigenvalue weighted by Crippen LogP contribution is -2.12. The van der Waals surface area contributed by atoms with E-state index in [1.807, 2.05) is 23.5 Å². The van der Waals surface area contributed by atoms with Gasteiger partial charge in [-0.15, -0.1) is 11.3 Å². The molecule has 0 saturated heterocycles. The first kappa shape index (κ1) is 21.3. The van der Waals surface area contributed by atoms with Crippen LogP contribution in [-0.2, 0) is 6.42 Å². The maximum absolute atomic E-state index is 5.96. The van der Waals surface area contributed by atoms with Crippen molar-refractivity contribution in [1.29, 1.82) is 0 Å². The van der Waals surface area contributed by atoms with Crippen LogP contribution in [0.2, 0.25) is 0 Å². The van der Waals surface area contributed by atoms with Crippen LogP contribution in [0.5, 0.6) is 0 Å². The average Bonchev–Trinajstić information content (AvgIpc) is 3.75. The Morgan fingerprint density at radius 3 is 2.18 bits per heavy atom. The van der Waals surface area contributed by atoms with E-state index < -0.39 is 0 Å². The van der Waals surface area contributed by atoms with E-state index in [1.54, 1.807) is 12.5 Å². The van der Waals surface area contributed by atoms with Crippen molar-refractivity contribution in [3.63, 3.8) is 0 Å². The summed E-state index contributed by atoms with van der Waals surface area (Å²) in [6, 6.07) is 26.1. The Kier molecular flexibility index (Phi) is 4.35. The van der Waals surface area contributed by atoms with Crippen LogP contribution in [0.4, 0.5) is 0 Å². The van der Waals surface area contributed by atoms with Crippen molar-refractivity contribution >= 4 is 59.1 Å². The van der Waals surface area contributed by atoms with E-state index in [-0.39, 0.29) is 0 Å². The molecule has 3 aromatic heterocycles. The van der Waals surface area contributed by atoms with Gasteiger partial charge < -0.3 is 8.83 Å². The minimum Gasteiger partial charge on any atom is -0.464 e. The molecular weight excluding hydrogens is 496 g/mol. The van der Waals surface area contributed by atoms with Crippen LogP contribution in [0, 0.1) is 5.92 Å². The predicted octanol–water partition coefficient (Wildman–Crippen LogP) is 10.6. The number of fused-ring (bicyclic) bond motifs is 9. The van der Waals surface area contributed by atoms with Gasteiger partial charge in [0.15, 0.2) is 0 Å². The number of thiophene rings is 1. The zero-order valence-corrected chi connectivity index (χ0v) is 21.8. The average molecular weight is 519 g/mol. The molecule has 1 unspecified atom stereocenters. The van der Waals surface area contributed by atoms with Crippen LogP contribution in [0.3, 0.4) is 0 Å². The number of furan rings is 2. The first-order chi connectivity index (χ1) is 19.3. The summed E-state index contributed by atoms with van der Waals surface area (Å²) < 4.78 is 14.5. The van der Waals surface area contributed by atoms with Crippen molar-refractivity contribution in [3.05, 3.63) is 126 Å². The van der Waals surface area contributed by atoms with Gasteiger partial charge in [-0.05, 0) is 93.2 Å². The maximum Gasteiger partial charge on any atom is 0.134 e. The molecule has 2 aliphatic carbocycles. The molecule has 9 rings (SSSR count). The molecule has 3 heteroatoms. The largest absolute Gasteiger partial charge is 0.464 e. The third-order valence-electron chi connectivity index (χ3n) is 8.36. The van der Waals surface area contributed by atoms with Crippen molar-refractivity contribution in [2.75, 3.05) is 0 Å². The van der Waals surface area contributed by atoms with E-state index in [4.69, 9.17) is 8.83 Å². The summed E-state index contributed by atoms with van der Waals surface area (Å²) in [5.74, 6) is 2.21. The van der Waals surface area contributed by atoms with Gasteiger partial charge in [-0.25, -0.2) is 0 Å². The Labute approximate surface area is 228 Å². The molecule has 0 saturated carbocycles. The Balaban J connectivity index is 1.47. The maximum atomic E-state index is 5.96. The van der Waals surface area contributed by atoms with Crippen molar-refractivity contribution in [2.24, 2.45) is 5.92 Å². The SMILES string of the molecule is C1=CC2=Cc3c(-c4ccco4)cc4sc5cc(-c6ccco6)c6cc7ccccc7cc6c5c4c3CC2C=C1. The zero-order valence-electron chi connectivity index (χ0n) is 21.0. The van der Waals surface area contributed by atoms with E-state index >= 15 is 0 Å². The van der Waals surface area contributed by atoms with Gasteiger partial charge in [0.2, 0.25) is 0 Å². The number of allylic oxidation sites excluding steroid dienone is 5. The molecule has 0 bridgehead atoms. The van der Waals surface area contributed by atoms with Crippen molar-refractivity contribution in [3.8, 4) is 22.6 Å². The Morgan fingerprint density at radius 1 is 0.692 bits per heavy atom. The summed E-state index contributed by atoms with van der Waals surface area (Å²) in [6.45, 7) is 0. The minimum atomic E-state index is 0.391. The van der Waals surface area contributed by atoms with Gasteiger partial charge in [0, 0.05) is 37.2 Å². The molecule has 1 atom stereocenters. The lowest BCUT2D eigenvalue weighted by Gasteiger charge is -2.26. The third-order valence-corrected chi connectivity index (χ3v) is 9.44. The second-order valence-corrected chi connectivity index (χ2v) is 11.6. The highest BCUT2D eigenvalue weighted by Gasteiger charge is 2.27. The fourth-order valence-electron chi connectivity index (χ4n) is 6.60. The molecular formula is C36H22O2S. The highest BCUT2D eigenvalue weighted by molar-refractivity contribution is 7.26. The molecule has 184 valence electrons. The summed E-state index contributed by atoms with van der Waals surface area (Å²) in [4.78, 5) is 0. The molecule has 0 radical (unpaired) electrons. The lowest BCUT2D eigenvalue weighted by molar-refractivity contribution is 0.582. The molecule has 2 aliphatic rings. The molecule has 4 aromatic carbocycles. The molecule has 7 aromatic rings. The zero-order chi connectivity index (χ0) is 25.5. The predicted molar refractivity (Wildman–Crippen MR) is 163 cm³/mol. The van der Waals surface area contributed by atoms with Crippen molar-refractivity contribution in [2.45, 2.75) is 6.42 Å². The van der Waals surface area contributed by atoms with Crippen LogP contribution in [0.15, 0.2) is 124 Å². The van der Waals surface area contributed by atoms with Gasteiger partial charge in [0.05, 0.1) is 12.5 Å². The first-order valence-corrected chi connectivity index (χ1v) is 14.2. The highest BCUT2D eigenvalue weighted by Crippen LogP contribution is 2.49. The lowest BCUT2D eigenvalue weighted by atomic mass is 9.78. The highest BCUT2D eigenvalue weighted by atomic mass is 32.1. The Bertz CT molecular complexity index is 2180. The smallest absolute Gasteiger partial charge is 0.134 e. The molecule has 0 fully saturated rings. The van der Waals surface area contributed by atoms with E-state index in [2.05, 4.69) is 91.0 Å². The van der Waals surface area contributed by atoms with Crippen molar-refractivity contribution in [1.82, 2.24) is 0 Å². The standard InChI is InChI=1S/C36H22O2S/c1-3-9-23-17-29-25(15-21(23)7-1)27(31-11-5-13-37-31)19-33-35(29)36-30-18-24-10-4-2-8-22(24)16-26(30)28(20-34(36)39-33)32-12-6-14-38-32/h1-17,19-20,24H,18H2. The molecule has 0 spiro atoms. The van der Waals surface area contributed by atoms with Gasteiger partial charge >= 0.3 is 0 Å². The molecule has 3 heterocycles. The second-order valence-electron chi connectivity index (χ2n) is 10.5. The van der Waals surface area contributed by atoms with Gasteiger partial charge in [-0.2, -0.15) is 0 Å². The normalized spacial score (nSPS) is 16.3. The molecule has 2 nitrogen and oxygen atoms in total. The Morgan fingerprint density at radius 2 is 1.41 bits per heavy atom. The van der Waals surface area contributed by atoms with Crippen LogP contribution in [0.25, 0.3) is 70.4 Å². The minimum absolute atomic E-state index is 0.391. The monoisotopic (exact) mass is 518 g/mol. The van der Waals surface area contributed by atoms with Crippen molar-refractivity contribution < 1.29 is 8.83 Å².